The second kappa shape index (κ2) is 8.89. The summed E-state index contributed by atoms with van der Waals surface area (Å²) in [4.78, 5) is 14.9. The topological polar surface area (TPSA) is 75.2 Å². The standard InChI is InChI=1S/C22H30N6/c1-5-7-8-9-17-14-18(25-15-17)19-20-21(23)24-11-13-28(20)22(26-19)16(3)10-12-27(4)6-2/h5,7-9,11,13-16,25H,6,10,12H2,1-4H3,(H2,23,24)/b7-5-,9-8-. The van der Waals surface area contributed by atoms with Crippen molar-refractivity contribution in [2.45, 2.75) is 33.1 Å². The molecule has 6 heteroatoms. The lowest BCUT2D eigenvalue weighted by Gasteiger charge is -2.17. The van der Waals surface area contributed by atoms with Gasteiger partial charge in [-0.3, -0.25) is 4.40 Å². The van der Waals surface area contributed by atoms with E-state index in [1.54, 1.807) is 6.20 Å². The third kappa shape index (κ3) is 4.17. The van der Waals surface area contributed by atoms with Crippen LogP contribution in [0.1, 0.15) is 44.5 Å². The molecule has 3 aromatic heterocycles. The molecular formula is C22H30N6. The summed E-state index contributed by atoms with van der Waals surface area (Å²) >= 11 is 0. The first-order valence-corrected chi connectivity index (χ1v) is 9.84. The molecule has 0 amide bonds. The summed E-state index contributed by atoms with van der Waals surface area (Å²) in [6.45, 7) is 8.47. The number of hydrogen-bond acceptors (Lipinski definition) is 4. The Labute approximate surface area is 166 Å². The highest BCUT2D eigenvalue weighted by Gasteiger charge is 2.20. The number of aromatic nitrogens is 4. The third-order valence-corrected chi connectivity index (χ3v) is 5.09. The van der Waals surface area contributed by atoms with Crippen LogP contribution in [-0.4, -0.2) is 44.4 Å². The fourth-order valence-corrected chi connectivity index (χ4v) is 3.25. The number of H-pyrrole nitrogens is 1. The molecule has 0 saturated carbocycles. The fraction of sp³-hybridized carbons (Fsp3) is 0.364. The molecule has 0 bridgehead atoms. The summed E-state index contributed by atoms with van der Waals surface area (Å²) in [7, 11) is 2.14. The lowest BCUT2D eigenvalue weighted by Crippen LogP contribution is -2.20. The first-order valence-electron chi connectivity index (χ1n) is 9.84. The first kappa shape index (κ1) is 19.9. The van der Waals surface area contributed by atoms with Gasteiger partial charge in [0.15, 0.2) is 0 Å². The number of anilines is 1. The Kier molecular flexibility index (Phi) is 6.31. The van der Waals surface area contributed by atoms with Crippen LogP contribution in [0.3, 0.4) is 0 Å². The smallest absolute Gasteiger partial charge is 0.150 e. The van der Waals surface area contributed by atoms with Crippen LogP contribution in [0, 0.1) is 0 Å². The predicted octanol–water partition coefficient (Wildman–Crippen LogP) is 4.34. The van der Waals surface area contributed by atoms with Crippen LogP contribution < -0.4 is 5.73 Å². The highest BCUT2D eigenvalue weighted by atomic mass is 15.1. The molecule has 0 aliphatic rings. The van der Waals surface area contributed by atoms with Gasteiger partial charge in [-0.1, -0.05) is 38.2 Å². The largest absolute Gasteiger partial charge is 0.382 e. The van der Waals surface area contributed by atoms with Gasteiger partial charge in [0.1, 0.15) is 22.9 Å². The van der Waals surface area contributed by atoms with Crippen LogP contribution in [-0.2, 0) is 0 Å². The van der Waals surface area contributed by atoms with Gasteiger partial charge >= 0.3 is 0 Å². The second-order valence-electron chi connectivity index (χ2n) is 7.17. The molecule has 28 heavy (non-hydrogen) atoms. The molecule has 0 spiro atoms. The van der Waals surface area contributed by atoms with Gasteiger partial charge in [0.05, 0.1) is 5.69 Å². The van der Waals surface area contributed by atoms with Crippen molar-refractivity contribution in [3.63, 3.8) is 0 Å². The van der Waals surface area contributed by atoms with Gasteiger partial charge in [0, 0.05) is 24.5 Å². The summed E-state index contributed by atoms with van der Waals surface area (Å²) < 4.78 is 2.09. The van der Waals surface area contributed by atoms with Crippen molar-refractivity contribution in [1.29, 1.82) is 0 Å². The molecule has 1 unspecified atom stereocenters. The number of nitrogens with one attached hydrogen (secondary N) is 1. The molecule has 6 nitrogen and oxygen atoms in total. The van der Waals surface area contributed by atoms with Gasteiger partial charge in [0.25, 0.3) is 0 Å². The zero-order chi connectivity index (χ0) is 20.1. The van der Waals surface area contributed by atoms with Crippen LogP contribution in [0.15, 0.2) is 42.9 Å². The van der Waals surface area contributed by atoms with Gasteiger partial charge in [-0.25, -0.2) is 9.97 Å². The zero-order valence-corrected chi connectivity index (χ0v) is 17.2. The Bertz CT molecular complexity index is 978. The van der Waals surface area contributed by atoms with Crippen molar-refractivity contribution >= 4 is 17.4 Å². The first-order chi connectivity index (χ1) is 13.5. The molecule has 3 rings (SSSR count). The van der Waals surface area contributed by atoms with Crippen molar-refractivity contribution in [1.82, 2.24) is 24.3 Å². The Balaban J connectivity index is 1.99. The van der Waals surface area contributed by atoms with E-state index < -0.39 is 0 Å². The van der Waals surface area contributed by atoms with Crippen molar-refractivity contribution < 1.29 is 0 Å². The van der Waals surface area contributed by atoms with E-state index in [-0.39, 0.29) is 0 Å². The average Bonchev–Trinajstić information content (AvgIpc) is 3.31. The van der Waals surface area contributed by atoms with Crippen molar-refractivity contribution in [2.24, 2.45) is 0 Å². The van der Waals surface area contributed by atoms with E-state index in [9.17, 15) is 0 Å². The quantitative estimate of drug-likeness (QED) is 0.572. The highest BCUT2D eigenvalue weighted by molar-refractivity contribution is 5.84. The van der Waals surface area contributed by atoms with Crippen molar-refractivity contribution in [3.05, 3.63) is 54.3 Å². The maximum absolute atomic E-state index is 6.24. The minimum atomic E-state index is 0.307. The second-order valence-corrected chi connectivity index (χ2v) is 7.17. The number of rotatable bonds is 8. The molecule has 3 heterocycles. The summed E-state index contributed by atoms with van der Waals surface area (Å²) in [6.07, 6.45) is 14.8. The number of nitrogens with zero attached hydrogens (tertiary/aromatic N) is 4. The third-order valence-electron chi connectivity index (χ3n) is 5.09. The minimum Gasteiger partial charge on any atom is -0.382 e. The Hall–Kier alpha value is -2.86. The maximum atomic E-state index is 6.24. The molecule has 1 atom stereocenters. The van der Waals surface area contributed by atoms with Gasteiger partial charge in [-0.2, -0.15) is 0 Å². The van der Waals surface area contributed by atoms with Crippen LogP contribution in [0.5, 0.6) is 0 Å². The van der Waals surface area contributed by atoms with Gasteiger partial charge in [-0.05, 0) is 45.1 Å². The average molecular weight is 379 g/mol. The van der Waals surface area contributed by atoms with E-state index in [1.807, 2.05) is 37.5 Å². The summed E-state index contributed by atoms with van der Waals surface area (Å²) in [5.74, 6) is 1.82. The highest BCUT2D eigenvalue weighted by Crippen LogP contribution is 2.31. The number of allylic oxidation sites excluding steroid dienone is 3. The van der Waals surface area contributed by atoms with E-state index in [1.165, 1.54) is 0 Å². The summed E-state index contributed by atoms with van der Waals surface area (Å²) in [5.41, 5.74) is 9.99. The summed E-state index contributed by atoms with van der Waals surface area (Å²) in [6, 6.07) is 2.09. The Morgan fingerprint density at radius 3 is 2.93 bits per heavy atom. The zero-order valence-electron chi connectivity index (χ0n) is 17.2. The van der Waals surface area contributed by atoms with Crippen molar-refractivity contribution in [3.8, 4) is 11.4 Å². The van der Waals surface area contributed by atoms with E-state index in [4.69, 9.17) is 10.7 Å². The normalized spacial score (nSPS) is 13.5. The number of nitrogens with two attached hydrogens (primary N) is 1. The van der Waals surface area contributed by atoms with Crippen LogP contribution in [0.2, 0.25) is 0 Å². The molecule has 0 saturated heterocycles. The van der Waals surface area contributed by atoms with Gasteiger partial charge in [0.2, 0.25) is 0 Å². The number of hydrogen-bond donors (Lipinski definition) is 2. The number of aromatic amines is 1. The predicted molar refractivity (Wildman–Crippen MR) is 117 cm³/mol. The fourth-order valence-electron chi connectivity index (χ4n) is 3.25. The van der Waals surface area contributed by atoms with E-state index in [2.05, 4.69) is 52.3 Å². The lowest BCUT2D eigenvalue weighted by molar-refractivity contribution is 0.335. The molecule has 3 N–H and O–H groups in total. The number of imidazole rings is 1. The molecule has 0 aliphatic carbocycles. The number of fused-ring (bicyclic) bond motifs is 1. The van der Waals surface area contributed by atoms with Crippen molar-refractivity contribution in [2.75, 3.05) is 25.9 Å². The lowest BCUT2D eigenvalue weighted by atomic mass is 10.1. The molecule has 3 aromatic rings. The molecule has 0 aromatic carbocycles. The SMILES string of the molecule is C/C=C\C=C/c1c[nH]c(-c2nc(C(C)CCN(C)CC)n3ccnc(N)c23)c1. The number of nitrogen functional groups attached to an aromatic ring is 1. The molecular weight excluding hydrogens is 348 g/mol. The Morgan fingerprint density at radius 1 is 1.36 bits per heavy atom. The van der Waals surface area contributed by atoms with Crippen LogP contribution in [0.4, 0.5) is 5.82 Å². The molecule has 0 fully saturated rings. The molecule has 148 valence electrons. The van der Waals surface area contributed by atoms with Gasteiger partial charge < -0.3 is 15.6 Å². The summed E-state index contributed by atoms with van der Waals surface area (Å²) in [5, 5.41) is 0. The van der Waals surface area contributed by atoms with Crippen LogP contribution >= 0.6 is 0 Å². The van der Waals surface area contributed by atoms with Crippen LogP contribution in [0.25, 0.3) is 23.0 Å². The van der Waals surface area contributed by atoms with Gasteiger partial charge in [-0.15, -0.1) is 0 Å². The minimum absolute atomic E-state index is 0.307. The van der Waals surface area contributed by atoms with E-state index in [0.29, 0.717) is 11.7 Å². The Morgan fingerprint density at radius 2 is 2.18 bits per heavy atom. The monoisotopic (exact) mass is 378 g/mol. The van der Waals surface area contributed by atoms with E-state index in [0.717, 1.165) is 47.8 Å². The maximum Gasteiger partial charge on any atom is 0.150 e. The molecule has 0 radical (unpaired) electrons. The van der Waals surface area contributed by atoms with E-state index >= 15 is 0 Å². The molecule has 0 aliphatic heterocycles.